The molecule has 0 N–H and O–H groups in total. The number of halogens is 1. The van der Waals surface area contributed by atoms with Gasteiger partial charge < -0.3 is 0 Å². The summed E-state index contributed by atoms with van der Waals surface area (Å²) in [5, 5.41) is 8.88. The van der Waals surface area contributed by atoms with Crippen molar-refractivity contribution in [3.63, 3.8) is 0 Å². The van der Waals surface area contributed by atoms with Gasteiger partial charge in [0.15, 0.2) is 5.15 Å². The summed E-state index contributed by atoms with van der Waals surface area (Å²) in [6.07, 6.45) is 3.35. The molecule has 2 aromatic heterocycles. The quantitative estimate of drug-likeness (QED) is 0.596. The Hall–Kier alpha value is -1.22. The highest BCUT2D eigenvalue weighted by Crippen LogP contribution is 2.11. The second-order valence-corrected chi connectivity index (χ2v) is 2.49. The monoisotopic (exact) mass is 165 g/mol. The predicted octanol–water partition coefficient (Wildman–Crippen LogP) is 1.68. The summed E-state index contributed by atoms with van der Waals surface area (Å²) >= 11 is 5.62. The van der Waals surface area contributed by atoms with Gasteiger partial charge in [0.2, 0.25) is 0 Å². The van der Waals surface area contributed by atoms with Crippen LogP contribution in [0.4, 0.5) is 0 Å². The van der Waals surface area contributed by atoms with E-state index in [0.717, 1.165) is 10.9 Å². The third-order valence-electron chi connectivity index (χ3n) is 1.36. The summed E-state index contributed by atoms with van der Waals surface area (Å²) in [5.74, 6) is 0. The van der Waals surface area contributed by atoms with Crippen LogP contribution < -0.4 is 0 Å². The normalized spacial score (nSPS) is 10.3. The second kappa shape index (κ2) is 2.43. The summed E-state index contributed by atoms with van der Waals surface area (Å²) < 4.78 is 0. The van der Waals surface area contributed by atoms with Crippen molar-refractivity contribution in [2.45, 2.75) is 0 Å². The maximum atomic E-state index is 5.62. The molecule has 54 valence electrons. The van der Waals surface area contributed by atoms with Crippen LogP contribution in [0, 0.1) is 0 Å². The number of fused-ring (bicyclic) bond motifs is 1. The Kier molecular flexibility index (Phi) is 1.43. The first kappa shape index (κ1) is 6.49. The van der Waals surface area contributed by atoms with Crippen LogP contribution in [0.2, 0.25) is 5.15 Å². The topological polar surface area (TPSA) is 38.7 Å². The van der Waals surface area contributed by atoms with E-state index in [2.05, 4.69) is 15.2 Å². The molecule has 0 bridgehead atoms. The molecule has 2 heterocycles. The smallest absolute Gasteiger partial charge is 0.152 e. The van der Waals surface area contributed by atoms with Crippen LogP contribution in [0.3, 0.4) is 0 Å². The highest BCUT2D eigenvalue weighted by Gasteiger charge is 1.94. The van der Waals surface area contributed by atoms with Gasteiger partial charge in [-0.1, -0.05) is 11.6 Å². The van der Waals surface area contributed by atoms with Gasteiger partial charge >= 0.3 is 0 Å². The largest absolute Gasteiger partial charge is 0.262 e. The lowest BCUT2D eigenvalue weighted by molar-refractivity contribution is 1.07. The van der Waals surface area contributed by atoms with Gasteiger partial charge in [-0.2, -0.15) is 0 Å². The van der Waals surface area contributed by atoms with E-state index in [1.807, 2.05) is 6.07 Å². The van der Waals surface area contributed by atoms with Crippen molar-refractivity contribution in [3.8, 4) is 0 Å². The summed E-state index contributed by atoms with van der Waals surface area (Å²) in [5.41, 5.74) is 0.761. The fourth-order valence-corrected chi connectivity index (χ4v) is 1.02. The molecule has 0 unspecified atom stereocenters. The SMILES string of the molecule is Clc1cc2ccncc2nn1. The van der Waals surface area contributed by atoms with E-state index in [9.17, 15) is 0 Å². The van der Waals surface area contributed by atoms with E-state index >= 15 is 0 Å². The van der Waals surface area contributed by atoms with E-state index in [1.165, 1.54) is 0 Å². The molecule has 2 rings (SSSR count). The standard InChI is InChI=1S/C7H4ClN3/c8-7-3-5-1-2-9-4-6(5)10-11-7/h1-4H. The van der Waals surface area contributed by atoms with Crippen LogP contribution in [0.25, 0.3) is 10.9 Å². The van der Waals surface area contributed by atoms with Crippen LogP contribution in [0.5, 0.6) is 0 Å². The molecule has 11 heavy (non-hydrogen) atoms. The van der Waals surface area contributed by atoms with E-state index in [-0.39, 0.29) is 0 Å². The number of hydrogen-bond acceptors (Lipinski definition) is 3. The molecule has 0 aliphatic carbocycles. The molecular weight excluding hydrogens is 162 g/mol. The zero-order chi connectivity index (χ0) is 7.68. The molecule has 2 aromatic rings. The van der Waals surface area contributed by atoms with Crippen molar-refractivity contribution >= 4 is 22.5 Å². The fraction of sp³-hybridized carbons (Fsp3) is 0. The van der Waals surface area contributed by atoms with Crippen molar-refractivity contribution in [3.05, 3.63) is 29.7 Å². The second-order valence-electron chi connectivity index (χ2n) is 2.10. The van der Waals surface area contributed by atoms with Gasteiger partial charge in [-0.25, -0.2) is 0 Å². The van der Waals surface area contributed by atoms with Gasteiger partial charge in [-0.3, -0.25) is 4.98 Å². The van der Waals surface area contributed by atoms with Crippen molar-refractivity contribution in [2.24, 2.45) is 0 Å². The summed E-state index contributed by atoms with van der Waals surface area (Å²) in [4.78, 5) is 3.90. The minimum atomic E-state index is 0.406. The molecule has 4 heteroatoms. The van der Waals surface area contributed by atoms with Gasteiger partial charge in [-0.15, -0.1) is 10.2 Å². The molecule has 0 aliphatic heterocycles. The Labute approximate surface area is 68.0 Å². The summed E-state index contributed by atoms with van der Waals surface area (Å²) in [6, 6.07) is 3.60. The molecule has 0 atom stereocenters. The van der Waals surface area contributed by atoms with Crippen molar-refractivity contribution in [1.29, 1.82) is 0 Å². The molecule has 0 radical (unpaired) electrons. The lowest BCUT2D eigenvalue weighted by Gasteiger charge is -1.92. The molecule has 0 aromatic carbocycles. The van der Waals surface area contributed by atoms with E-state index in [4.69, 9.17) is 11.6 Å². The van der Waals surface area contributed by atoms with Crippen molar-refractivity contribution in [2.75, 3.05) is 0 Å². The molecule has 0 aliphatic rings. The van der Waals surface area contributed by atoms with Gasteiger partial charge in [0.25, 0.3) is 0 Å². The van der Waals surface area contributed by atoms with E-state index in [0.29, 0.717) is 5.15 Å². The molecule has 0 amide bonds. The molecule has 0 fully saturated rings. The van der Waals surface area contributed by atoms with Gasteiger partial charge in [0.1, 0.15) is 5.52 Å². The number of pyridine rings is 1. The Balaban J connectivity index is 2.83. The summed E-state index contributed by atoms with van der Waals surface area (Å²) in [6.45, 7) is 0. The van der Waals surface area contributed by atoms with Crippen LogP contribution >= 0.6 is 11.6 Å². The first-order valence-corrected chi connectivity index (χ1v) is 3.47. The van der Waals surface area contributed by atoms with Gasteiger partial charge in [-0.05, 0) is 12.1 Å². The van der Waals surface area contributed by atoms with Gasteiger partial charge in [0, 0.05) is 11.6 Å². The van der Waals surface area contributed by atoms with E-state index in [1.54, 1.807) is 18.5 Å². The molecular formula is C7H4ClN3. The Morgan fingerprint density at radius 2 is 2.18 bits per heavy atom. The Morgan fingerprint density at radius 1 is 1.27 bits per heavy atom. The minimum absolute atomic E-state index is 0.406. The average Bonchev–Trinajstić information content (AvgIpc) is 2.04. The van der Waals surface area contributed by atoms with Crippen LogP contribution in [-0.2, 0) is 0 Å². The third-order valence-corrected chi connectivity index (χ3v) is 1.55. The lowest BCUT2D eigenvalue weighted by atomic mass is 10.3. The zero-order valence-electron chi connectivity index (χ0n) is 5.53. The molecule has 3 nitrogen and oxygen atoms in total. The highest BCUT2D eigenvalue weighted by molar-refractivity contribution is 6.29. The first-order chi connectivity index (χ1) is 5.36. The van der Waals surface area contributed by atoms with Crippen molar-refractivity contribution in [1.82, 2.24) is 15.2 Å². The number of aromatic nitrogens is 3. The lowest BCUT2D eigenvalue weighted by Crippen LogP contribution is -1.84. The zero-order valence-corrected chi connectivity index (χ0v) is 6.28. The highest BCUT2D eigenvalue weighted by atomic mass is 35.5. The third kappa shape index (κ3) is 1.14. The predicted molar refractivity (Wildman–Crippen MR) is 42.3 cm³/mol. The average molecular weight is 166 g/mol. The maximum Gasteiger partial charge on any atom is 0.152 e. The number of nitrogens with zero attached hydrogens (tertiary/aromatic N) is 3. The number of rotatable bonds is 0. The van der Waals surface area contributed by atoms with Crippen LogP contribution in [0.15, 0.2) is 24.5 Å². The van der Waals surface area contributed by atoms with Crippen molar-refractivity contribution < 1.29 is 0 Å². The van der Waals surface area contributed by atoms with Crippen LogP contribution in [-0.4, -0.2) is 15.2 Å². The first-order valence-electron chi connectivity index (χ1n) is 3.09. The maximum absolute atomic E-state index is 5.62. The Bertz CT molecular complexity index is 388. The minimum Gasteiger partial charge on any atom is -0.262 e. The summed E-state index contributed by atoms with van der Waals surface area (Å²) in [7, 11) is 0. The molecule has 0 spiro atoms. The van der Waals surface area contributed by atoms with E-state index < -0.39 is 0 Å². The van der Waals surface area contributed by atoms with Crippen LogP contribution in [0.1, 0.15) is 0 Å². The Morgan fingerprint density at radius 3 is 3.09 bits per heavy atom. The molecule has 0 saturated carbocycles. The number of hydrogen-bond donors (Lipinski definition) is 0. The fourth-order valence-electron chi connectivity index (χ4n) is 0.861. The van der Waals surface area contributed by atoms with Gasteiger partial charge in [0.05, 0.1) is 6.20 Å². The molecule has 0 saturated heterocycles.